The number of fused-ring (bicyclic) bond motifs is 2. The van der Waals surface area contributed by atoms with Crippen LogP contribution in [0.3, 0.4) is 0 Å². The van der Waals surface area contributed by atoms with Crippen molar-refractivity contribution in [3.05, 3.63) is 24.0 Å². The van der Waals surface area contributed by atoms with Crippen LogP contribution in [0.1, 0.15) is 26.3 Å². The molecule has 0 saturated carbocycles. The van der Waals surface area contributed by atoms with Gasteiger partial charge in [0.1, 0.15) is 11.6 Å². The molecule has 3 rings (SSSR count). The maximum atomic E-state index is 12.2. The summed E-state index contributed by atoms with van der Waals surface area (Å²) >= 11 is 0. The molecule has 1 unspecified atom stereocenters. The summed E-state index contributed by atoms with van der Waals surface area (Å²) in [6.07, 6.45) is 5.01. The van der Waals surface area contributed by atoms with Crippen molar-refractivity contribution in [2.24, 2.45) is 0 Å². The van der Waals surface area contributed by atoms with E-state index in [4.69, 9.17) is 4.74 Å². The Kier molecular flexibility index (Phi) is 7.59. The van der Waals surface area contributed by atoms with E-state index >= 15 is 0 Å². The van der Waals surface area contributed by atoms with Crippen molar-refractivity contribution in [2.75, 3.05) is 19.6 Å². The summed E-state index contributed by atoms with van der Waals surface area (Å²) in [5, 5.41) is 7.46. The molecule has 1 atom stereocenters. The fourth-order valence-corrected chi connectivity index (χ4v) is 3.36. The number of hydroxylamine groups is 2. The number of aromatic nitrogens is 2. The third-order valence-corrected chi connectivity index (χ3v) is 4.43. The van der Waals surface area contributed by atoms with E-state index in [1.54, 1.807) is 43.9 Å². The predicted molar refractivity (Wildman–Crippen MR) is 97.8 cm³/mol. The first-order valence-corrected chi connectivity index (χ1v) is 10.2. The zero-order valence-electron chi connectivity index (χ0n) is 17.2. The molecule has 1 saturated heterocycles. The first-order chi connectivity index (χ1) is 13.4. The number of alkyl carbamates (subject to hydrolysis) is 1. The van der Waals surface area contributed by atoms with Crippen molar-refractivity contribution in [3.8, 4) is 0 Å². The van der Waals surface area contributed by atoms with Crippen LogP contribution in [-0.2, 0) is 25.8 Å². The Bertz CT molecular complexity index is 940. The van der Waals surface area contributed by atoms with E-state index < -0.39 is 34.2 Å². The summed E-state index contributed by atoms with van der Waals surface area (Å²) in [5.41, 5.74) is 0.907. The van der Waals surface area contributed by atoms with Gasteiger partial charge >= 0.3 is 41.7 Å². The van der Waals surface area contributed by atoms with Crippen molar-refractivity contribution in [1.82, 2.24) is 25.1 Å². The van der Waals surface area contributed by atoms with E-state index in [-0.39, 0.29) is 42.6 Å². The van der Waals surface area contributed by atoms with Gasteiger partial charge in [0.25, 0.3) is 0 Å². The van der Waals surface area contributed by atoms with Gasteiger partial charge < -0.3 is 19.5 Å². The smallest absolute Gasteiger partial charge is 0.724 e. The maximum Gasteiger partial charge on any atom is 1.00 e. The first kappa shape index (κ1) is 24.6. The van der Waals surface area contributed by atoms with Crippen molar-refractivity contribution in [2.45, 2.75) is 38.8 Å². The molecule has 1 aromatic rings. The minimum Gasteiger partial charge on any atom is -0.724 e. The number of nitrogens with one attached hydrogen (secondary N) is 1. The Morgan fingerprint density at radius 2 is 2.10 bits per heavy atom. The third-order valence-electron chi connectivity index (χ3n) is 4.09. The number of rotatable bonds is 6. The van der Waals surface area contributed by atoms with E-state index in [1.807, 2.05) is 0 Å². The van der Waals surface area contributed by atoms with E-state index in [9.17, 15) is 22.6 Å². The number of hydrogen-bond acceptors (Lipinski definition) is 8. The molecule has 0 radical (unpaired) electrons. The quantitative estimate of drug-likeness (QED) is 0.279. The molecule has 12 nitrogen and oxygen atoms in total. The first-order valence-electron chi connectivity index (χ1n) is 8.86. The zero-order chi connectivity index (χ0) is 21.4. The Morgan fingerprint density at radius 1 is 1.40 bits per heavy atom. The maximum absolute atomic E-state index is 12.2. The van der Waals surface area contributed by atoms with Gasteiger partial charge in [-0.05, 0) is 38.8 Å². The standard InChI is InChI=1S/C16H23N5O7S.Na/c1-16(2,3)27-14(22)17-5-4-11-7-18-20(8-11)12-6-13-10-19(9-12)15(23)21(13)28-29(24,25)26;/h6-8,13H,4-5,9-10H2,1-3H3,(H,17,22)(H,24,25,26);/q;+1/p-1. The SMILES string of the molecule is CC(C)(C)OC(=O)NCCc1cnn(C2=CC3CN(C2)C(=O)N3OS(=O)(=O)[O-])c1.[Na+]. The van der Waals surface area contributed by atoms with Crippen molar-refractivity contribution >= 4 is 28.2 Å². The summed E-state index contributed by atoms with van der Waals surface area (Å²) in [5.74, 6) is 0. The molecule has 160 valence electrons. The molecular formula is C16H22N5NaO7S. The van der Waals surface area contributed by atoms with E-state index in [0.717, 1.165) is 5.56 Å². The van der Waals surface area contributed by atoms with E-state index in [2.05, 4.69) is 14.7 Å². The van der Waals surface area contributed by atoms with Gasteiger partial charge in [-0.2, -0.15) is 14.4 Å². The summed E-state index contributed by atoms with van der Waals surface area (Å²) in [6, 6.07) is -1.41. The predicted octanol–water partition coefficient (Wildman–Crippen LogP) is -2.69. The average Bonchev–Trinajstić information content (AvgIpc) is 3.12. The van der Waals surface area contributed by atoms with Crippen LogP contribution < -0.4 is 34.9 Å². The molecule has 3 heterocycles. The van der Waals surface area contributed by atoms with Crippen molar-refractivity contribution in [1.29, 1.82) is 0 Å². The average molecular weight is 451 g/mol. The largest absolute Gasteiger partial charge is 1.00 e. The van der Waals surface area contributed by atoms with Crippen LogP contribution in [0.2, 0.25) is 0 Å². The van der Waals surface area contributed by atoms with Crippen LogP contribution in [0, 0.1) is 0 Å². The fraction of sp³-hybridized carbons (Fsp3) is 0.562. The molecule has 2 bridgehead atoms. The van der Waals surface area contributed by atoms with Crippen LogP contribution in [0.5, 0.6) is 0 Å². The van der Waals surface area contributed by atoms with Crippen molar-refractivity contribution in [3.63, 3.8) is 0 Å². The molecule has 1 fully saturated rings. The van der Waals surface area contributed by atoms with Gasteiger partial charge in [-0.15, -0.1) is 0 Å². The fourth-order valence-electron chi connectivity index (χ4n) is 2.99. The normalized spacial score (nSPS) is 18.7. The van der Waals surface area contributed by atoms with Crippen LogP contribution in [0.15, 0.2) is 18.5 Å². The third kappa shape index (κ3) is 6.43. The van der Waals surface area contributed by atoms with Gasteiger partial charge in [0.2, 0.25) is 10.4 Å². The summed E-state index contributed by atoms with van der Waals surface area (Å²) in [4.78, 5) is 25.2. The molecule has 0 aromatic carbocycles. The van der Waals surface area contributed by atoms with Crippen LogP contribution in [0.25, 0.3) is 5.70 Å². The number of amides is 3. The van der Waals surface area contributed by atoms with Gasteiger partial charge in [-0.25, -0.2) is 22.7 Å². The second-order valence-electron chi connectivity index (χ2n) is 7.67. The van der Waals surface area contributed by atoms with Crippen LogP contribution in [0.4, 0.5) is 9.59 Å². The van der Waals surface area contributed by atoms with E-state index in [1.165, 1.54) is 4.90 Å². The molecule has 1 N–H and O–H groups in total. The number of nitrogens with zero attached hydrogens (tertiary/aromatic N) is 4. The molecule has 2 aliphatic heterocycles. The topological polar surface area (TPSA) is 146 Å². The Morgan fingerprint density at radius 3 is 2.73 bits per heavy atom. The van der Waals surface area contributed by atoms with Crippen LogP contribution in [-0.4, -0.2) is 76.1 Å². The summed E-state index contributed by atoms with van der Waals surface area (Å²) < 4.78 is 43.5. The number of hydrogen-bond donors (Lipinski definition) is 1. The van der Waals surface area contributed by atoms with Crippen molar-refractivity contribution < 1.29 is 61.1 Å². The van der Waals surface area contributed by atoms with Gasteiger partial charge in [0.05, 0.1) is 18.4 Å². The number of urea groups is 1. The zero-order valence-corrected chi connectivity index (χ0v) is 20.0. The number of carbonyl (C=O) groups is 2. The monoisotopic (exact) mass is 451 g/mol. The second kappa shape index (κ2) is 9.24. The molecule has 0 spiro atoms. The molecule has 0 aliphatic carbocycles. The Balaban J connectivity index is 0.00000320. The second-order valence-corrected chi connectivity index (χ2v) is 8.63. The van der Waals surface area contributed by atoms with Gasteiger partial charge in [-0.3, -0.25) is 0 Å². The number of carbonyl (C=O) groups excluding carboxylic acids is 2. The van der Waals surface area contributed by atoms with E-state index in [0.29, 0.717) is 23.7 Å². The molecule has 30 heavy (non-hydrogen) atoms. The Hall–Kier alpha value is -1.64. The molecule has 1 aromatic heterocycles. The minimum atomic E-state index is -5.05. The molecule has 14 heteroatoms. The summed E-state index contributed by atoms with van der Waals surface area (Å²) in [6.45, 7) is 6.09. The molecule has 3 amide bonds. The summed E-state index contributed by atoms with van der Waals surface area (Å²) in [7, 11) is -5.05. The number of ether oxygens (including phenoxy) is 1. The molecule has 2 aliphatic rings. The Labute approximate surface area is 196 Å². The van der Waals surface area contributed by atoms with Gasteiger partial charge in [-0.1, -0.05) is 0 Å². The molecular weight excluding hydrogens is 429 g/mol. The van der Waals surface area contributed by atoms with Gasteiger partial charge in [0.15, 0.2) is 0 Å². The van der Waals surface area contributed by atoms with Crippen LogP contribution >= 0.6 is 0 Å². The van der Waals surface area contributed by atoms with Gasteiger partial charge in [0, 0.05) is 19.3 Å². The minimum absolute atomic E-state index is 0.